The lowest BCUT2D eigenvalue weighted by Crippen LogP contribution is -1.88. The molecule has 0 aliphatic carbocycles. The van der Waals surface area contributed by atoms with Gasteiger partial charge in [-0.15, -0.1) is 0 Å². The molecule has 6 rings (SSSR count). The first-order valence-electron chi connectivity index (χ1n) is 10.2. The summed E-state index contributed by atoms with van der Waals surface area (Å²) in [6.45, 7) is 0. The third-order valence-corrected chi connectivity index (χ3v) is 6.01. The Hall–Kier alpha value is -4.44. The fraction of sp³-hybridized carbons (Fsp3) is 0. The van der Waals surface area contributed by atoms with Crippen LogP contribution < -0.4 is 0 Å². The quantitative estimate of drug-likeness (QED) is 0.235. The summed E-state index contributed by atoms with van der Waals surface area (Å²) in [7, 11) is 0. The maximum Gasteiger partial charge on any atom is 0.119 e. The molecule has 0 aromatic heterocycles. The highest BCUT2D eigenvalue weighted by molar-refractivity contribution is 6.24. The molecule has 6 aromatic carbocycles. The van der Waals surface area contributed by atoms with Crippen molar-refractivity contribution in [2.24, 2.45) is 0 Å². The molecule has 4 heteroatoms. The van der Waals surface area contributed by atoms with Crippen LogP contribution in [-0.4, -0.2) is 20.4 Å². The number of aromatic hydroxyl groups is 4. The van der Waals surface area contributed by atoms with Crippen LogP contribution in [0.3, 0.4) is 0 Å². The van der Waals surface area contributed by atoms with Crippen LogP contribution in [0, 0.1) is 0 Å². The third kappa shape index (κ3) is 2.85. The van der Waals surface area contributed by atoms with E-state index in [9.17, 15) is 20.4 Å². The Morgan fingerprint density at radius 3 is 0.844 bits per heavy atom. The molecule has 0 heterocycles. The number of hydrogen-bond acceptors (Lipinski definition) is 4. The molecule has 6 aromatic rings. The lowest BCUT2D eigenvalue weighted by Gasteiger charge is -2.15. The van der Waals surface area contributed by atoms with Gasteiger partial charge >= 0.3 is 0 Å². The summed E-state index contributed by atoms with van der Waals surface area (Å²) in [4.78, 5) is 0. The van der Waals surface area contributed by atoms with Gasteiger partial charge in [0.25, 0.3) is 0 Å². The third-order valence-electron chi connectivity index (χ3n) is 6.01. The molecule has 0 saturated carbocycles. The lowest BCUT2D eigenvalue weighted by atomic mass is 9.89. The highest BCUT2D eigenvalue weighted by atomic mass is 16.3. The number of hydrogen-bond donors (Lipinski definition) is 4. The zero-order chi connectivity index (χ0) is 22.0. The lowest BCUT2D eigenvalue weighted by molar-refractivity contribution is 0.450. The van der Waals surface area contributed by atoms with E-state index in [1.54, 1.807) is 24.3 Å². The molecule has 4 N–H and O–H groups in total. The molecule has 32 heavy (non-hydrogen) atoms. The molecule has 0 saturated heterocycles. The molecule has 0 aliphatic heterocycles. The Balaban J connectivity index is 1.60. The van der Waals surface area contributed by atoms with Crippen molar-refractivity contribution in [2.75, 3.05) is 0 Å². The van der Waals surface area contributed by atoms with Crippen LogP contribution in [0.4, 0.5) is 0 Å². The van der Waals surface area contributed by atoms with Crippen LogP contribution >= 0.6 is 0 Å². The minimum atomic E-state index is 0.0237. The van der Waals surface area contributed by atoms with Crippen molar-refractivity contribution in [3.05, 3.63) is 84.9 Å². The second-order valence-corrected chi connectivity index (χ2v) is 8.20. The van der Waals surface area contributed by atoms with Gasteiger partial charge in [0.15, 0.2) is 0 Å². The van der Waals surface area contributed by atoms with E-state index in [1.807, 2.05) is 0 Å². The second-order valence-electron chi connectivity index (χ2n) is 8.20. The monoisotopic (exact) mass is 418 g/mol. The molecule has 0 radical (unpaired) electrons. The molecule has 154 valence electrons. The maximum absolute atomic E-state index is 9.89. The topological polar surface area (TPSA) is 80.9 Å². The number of benzene rings is 6. The van der Waals surface area contributed by atoms with Gasteiger partial charge in [-0.25, -0.2) is 0 Å². The largest absolute Gasteiger partial charge is 0.508 e. The van der Waals surface area contributed by atoms with Gasteiger partial charge in [0, 0.05) is 12.1 Å². The maximum atomic E-state index is 9.89. The molecule has 0 atom stereocenters. The van der Waals surface area contributed by atoms with E-state index in [-0.39, 0.29) is 23.0 Å². The zero-order valence-electron chi connectivity index (χ0n) is 16.9. The molecule has 0 amide bonds. The highest BCUT2D eigenvalue weighted by Gasteiger charge is 2.13. The highest BCUT2D eigenvalue weighted by Crippen LogP contribution is 2.41. The van der Waals surface area contributed by atoms with Crippen molar-refractivity contribution in [2.45, 2.75) is 0 Å². The minimum absolute atomic E-state index is 0.0237. The standard InChI is InChI=1S/C28H18O4/c29-23-9-21(10-24(30)13-23)19-5-15-1-2-16-6-20(22-11-25(31)14-26(32)12-22)8-18-4-3-17(7-19)27(15)28(16)18/h1-14,29-32H. The normalized spacial score (nSPS) is 11.6. The molecular weight excluding hydrogens is 400 g/mol. The van der Waals surface area contributed by atoms with E-state index in [2.05, 4.69) is 48.5 Å². The average Bonchev–Trinajstić information content (AvgIpc) is 2.75. The van der Waals surface area contributed by atoms with Gasteiger partial charge in [0.2, 0.25) is 0 Å². The molecule has 0 bridgehead atoms. The van der Waals surface area contributed by atoms with Gasteiger partial charge in [-0.2, -0.15) is 0 Å². The SMILES string of the molecule is Oc1cc(O)cc(-c2cc3ccc4cc(-c5cc(O)cc(O)c5)cc5ccc(c2)c3c45)c1. The fourth-order valence-corrected chi connectivity index (χ4v) is 4.69. The first-order valence-corrected chi connectivity index (χ1v) is 10.2. The predicted octanol–water partition coefficient (Wildman–Crippen LogP) is 6.74. The minimum Gasteiger partial charge on any atom is -0.508 e. The number of phenols is 4. The molecule has 0 aliphatic rings. The van der Waals surface area contributed by atoms with E-state index < -0.39 is 0 Å². The first kappa shape index (κ1) is 18.3. The summed E-state index contributed by atoms with van der Waals surface area (Å²) in [6, 6.07) is 25.7. The Morgan fingerprint density at radius 1 is 0.312 bits per heavy atom. The molecule has 0 unspecified atom stereocenters. The van der Waals surface area contributed by atoms with Crippen LogP contribution in [0.5, 0.6) is 23.0 Å². The average molecular weight is 418 g/mol. The summed E-state index contributed by atoms with van der Waals surface area (Å²) >= 11 is 0. The number of phenolic OH excluding ortho intramolecular Hbond substituents is 4. The van der Waals surface area contributed by atoms with Crippen LogP contribution in [0.25, 0.3) is 54.6 Å². The van der Waals surface area contributed by atoms with Gasteiger partial charge in [-0.1, -0.05) is 24.3 Å². The fourth-order valence-electron chi connectivity index (χ4n) is 4.69. The van der Waals surface area contributed by atoms with Gasteiger partial charge < -0.3 is 20.4 Å². The molecule has 0 spiro atoms. The Morgan fingerprint density at radius 2 is 0.562 bits per heavy atom. The summed E-state index contributed by atoms with van der Waals surface area (Å²) in [6.07, 6.45) is 0. The summed E-state index contributed by atoms with van der Waals surface area (Å²) in [5.41, 5.74) is 3.33. The van der Waals surface area contributed by atoms with Crippen LogP contribution in [0.2, 0.25) is 0 Å². The predicted molar refractivity (Wildman–Crippen MR) is 128 cm³/mol. The zero-order valence-corrected chi connectivity index (χ0v) is 16.9. The summed E-state index contributed by atoms with van der Waals surface area (Å²) < 4.78 is 0. The second kappa shape index (κ2) is 6.53. The van der Waals surface area contributed by atoms with Crippen molar-refractivity contribution < 1.29 is 20.4 Å². The van der Waals surface area contributed by atoms with Crippen molar-refractivity contribution >= 4 is 32.3 Å². The van der Waals surface area contributed by atoms with Crippen LogP contribution in [0.1, 0.15) is 0 Å². The summed E-state index contributed by atoms with van der Waals surface area (Å²) in [5, 5.41) is 46.2. The van der Waals surface area contributed by atoms with Gasteiger partial charge in [0.1, 0.15) is 23.0 Å². The smallest absolute Gasteiger partial charge is 0.119 e. The molecule has 0 fully saturated rings. The Labute approximate surface area is 183 Å². The van der Waals surface area contributed by atoms with Crippen molar-refractivity contribution in [1.82, 2.24) is 0 Å². The molecule has 4 nitrogen and oxygen atoms in total. The first-order chi connectivity index (χ1) is 15.4. The summed E-state index contributed by atoms with van der Waals surface area (Å²) in [5.74, 6) is 0.0948. The van der Waals surface area contributed by atoms with Crippen LogP contribution in [-0.2, 0) is 0 Å². The Kier molecular flexibility index (Phi) is 3.74. The van der Waals surface area contributed by atoms with Gasteiger partial charge in [0.05, 0.1) is 0 Å². The molecular formula is C28H18O4. The van der Waals surface area contributed by atoms with Crippen molar-refractivity contribution in [3.63, 3.8) is 0 Å². The van der Waals surface area contributed by atoms with E-state index in [4.69, 9.17) is 0 Å². The van der Waals surface area contributed by atoms with E-state index in [1.165, 1.54) is 12.1 Å². The van der Waals surface area contributed by atoms with Crippen molar-refractivity contribution in [1.29, 1.82) is 0 Å². The van der Waals surface area contributed by atoms with E-state index in [0.717, 1.165) is 54.6 Å². The van der Waals surface area contributed by atoms with E-state index >= 15 is 0 Å². The van der Waals surface area contributed by atoms with E-state index in [0.29, 0.717) is 0 Å². The van der Waals surface area contributed by atoms with Gasteiger partial charge in [-0.05, 0) is 103 Å². The van der Waals surface area contributed by atoms with Gasteiger partial charge in [-0.3, -0.25) is 0 Å². The van der Waals surface area contributed by atoms with Crippen molar-refractivity contribution in [3.8, 4) is 45.3 Å². The van der Waals surface area contributed by atoms with Crippen LogP contribution in [0.15, 0.2) is 84.9 Å². The number of rotatable bonds is 2. The Bertz CT molecular complexity index is 1430.